The molecule has 0 aliphatic carbocycles. The van der Waals surface area contributed by atoms with E-state index in [0.29, 0.717) is 0 Å². The third kappa shape index (κ3) is 4.01. The topological polar surface area (TPSA) is 163 Å². The number of thioether (sulfide) groups is 1. The monoisotopic (exact) mass is 413 g/mol. The Morgan fingerprint density at radius 2 is 2.00 bits per heavy atom. The minimum atomic E-state index is -1.36. The van der Waals surface area contributed by atoms with E-state index in [9.17, 15) is 34.3 Å². The van der Waals surface area contributed by atoms with Gasteiger partial charge in [0.25, 0.3) is 11.8 Å². The highest BCUT2D eigenvalue weighted by atomic mass is 32.2. The Labute approximate surface area is 163 Å². The van der Waals surface area contributed by atoms with Gasteiger partial charge in [0.15, 0.2) is 0 Å². The molecular weight excluding hydrogens is 394 g/mol. The number of hydrogen-bond acceptors (Lipinski definition) is 9. The molecule has 0 aromatic rings. The second kappa shape index (κ2) is 8.42. The lowest BCUT2D eigenvalue weighted by atomic mass is 10.0. The Kier molecular flexibility index (Phi) is 6.44. The molecule has 1 fully saturated rings. The number of rotatable bonds is 7. The average Bonchev–Trinajstić information content (AvgIpc) is 2.63. The van der Waals surface area contributed by atoms with Crippen LogP contribution in [0.2, 0.25) is 0 Å². The predicted octanol–water partition coefficient (Wildman–Crippen LogP) is 0.480. The first-order valence-electron chi connectivity index (χ1n) is 8.20. The summed E-state index contributed by atoms with van der Waals surface area (Å²) in [4.78, 5) is 59.1. The highest BCUT2D eigenvalue weighted by Gasteiger charge is 2.54. The molecule has 152 valence electrons. The van der Waals surface area contributed by atoms with Crippen LogP contribution in [-0.4, -0.2) is 62.6 Å². The first-order chi connectivity index (χ1) is 13.1. The van der Waals surface area contributed by atoms with Crippen LogP contribution in [0.5, 0.6) is 0 Å². The number of carbonyl (C=O) groups excluding carboxylic acids is 3. The Morgan fingerprint density at radius 3 is 2.50 bits per heavy atom. The molecule has 0 bridgehead atoms. The number of nitrogens with one attached hydrogen (secondary N) is 1. The third-order valence-corrected chi connectivity index (χ3v) is 5.42. The number of nitroso groups, excluding NO2 is 1. The second-order valence-electron chi connectivity index (χ2n) is 6.38. The number of carboxylic acids is 1. The molecule has 12 heteroatoms. The van der Waals surface area contributed by atoms with Gasteiger partial charge in [-0.15, -0.1) is 16.7 Å². The number of nitrogens with zero attached hydrogens (tertiary/aromatic N) is 2. The fourth-order valence-electron chi connectivity index (χ4n) is 2.67. The molecule has 2 aliphatic heterocycles. The summed E-state index contributed by atoms with van der Waals surface area (Å²) in [6.07, 6.45) is 0. The fourth-order valence-corrected chi connectivity index (χ4v) is 4.00. The van der Waals surface area contributed by atoms with Crippen molar-refractivity contribution in [2.24, 2.45) is 11.1 Å². The van der Waals surface area contributed by atoms with Gasteiger partial charge in [0, 0.05) is 24.2 Å². The number of aliphatic carboxylic acids is 1. The zero-order chi connectivity index (χ0) is 21.2. The van der Waals surface area contributed by atoms with Gasteiger partial charge in [0.05, 0.1) is 0 Å². The van der Waals surface area contributed by atoms with E-state index >= 15 is 0 Å². The van der Waals surface area contributed by atoms with Gasteiger partial charge in [-0.25, -0.2) is 4.79 Å². The summed E-state index contributed by atoms with van der Waals surface area (Å²) in [6.45, 7) is 4.02. The molecule has 2 atom stereocenters. The molecule has 2 amide bonds. The van der Waals surface area contributed by atoms with Crippen LogP contribution in [0.3, 0.4) is 0 Å². The lowest BCUT2D eigenvalue weighted by molar-refractivity contribution is -0.150. The SMILES string of the molecule is CC(=O)OCC1=C(C(=O)O)N2C(=O)[C@@H](NC(=O)C(N=O)=C(O)C(C)C)[C@H]2SC1. The predicted molar refractivity (Wildman–Crippen MR) is 96.6 cm³/mol. The fraction of sp³-hybridized carbons (Fsp3) is 0.500. The van der Waals surface area contributed by atoms with Crippen molar-refractivity contribution >= 4 is 35.5 Å². The maximum absolute atomic E-state index is 12.5. The van der Waals surface area contributed by atoms with Crippen molar-refractivity contribution in [3.63, 3.8) is 0 Å². The summed E-state index contributed by atoms with van der Waals surface area (Å²) in [7, 11) is 0. The van der Waals surface area contributed by atoms with Crippen molar-refractivity contribution in [3.8, 4) is 0 Å². The Balaban J connectivity index is 2.21. The largest absolute Gasteiger partial charge is 0.509 e. The van der Waals surface area contributed by atoms with E-state index in [1.165, 1.54) is 18.7 Å². The molecular formula is C16H19N3O8S. The third-order valence-electron chi connectivity index (χ3n) is 4.08. The first kappa shape index (κ1) is 21.4. The summed E-state index contributed by atoms with van der Waals surface area (Å²) in [6, 6.07) is -1.08. The number of esters is 1. The lowest BCUT2D eigenvalue weighted by Gasteiger charge is -2.49. The van der Waals surface area contributed by atoms with Crippen molar-refractivity contribution in [2.45, 2.75) is 32.2 Å². The van der Waals surface area contributed by atoms with Gasteiger partial charge in [0.2, 0.25) is 5.70 Å². The Hall–Kier alpha value is -2.89. The first-order valence-corrected chi connectivity index (χ1v) is 9.25. The summed E-state index contributed by atoms with van der Waals surface area (Å²) in [5.41, 5.74) is -0.768. The van der Waals surface area contributed by atoms with Crippen LogP contribution in [0.15, 0.2) is 27.9 Å². The van der Waals surface area contributed by atoms with Crippen LogP contribution in [0.25, 0.3) is 0 Å². The zero-order valence-electron chi connectivity index (χ0n) is 15.3. The molecule has 3 N–H and O–H groups in total. The van der Waals surface area contributed by atoms with Crippen LogP contribution in [0, 0.1) is 10.8 Å². The average molecular weight is 413 g/mol. The van der Waals surface area contributed by atoms with Gasteiger partial charge in [-0.05, 0) is 5.18 Å². The molecule has 2 aliphatic rings. The zero-order valence-corrected chi connectivity index (χ0v) is 16.1. The van der Waals surface area contributed by atoms with E-state index in [4.69, 9.17) is 4.74 Å². The number of carbonyl (C=O) groups is 4. The van der Waals surface area contributed by atoms with E-state index in [0.717, 1.165) is 4.90 Å². The molecule has 0 aromatic carbocycles. The number of β-lactam (4-membered cyclic amide) rings is 1. The number of fused-ring (bicyclic) bond motifs is 1. The second-order valence-corrected chi connectivity index (χ2v) is 7.48. The quantitative estimate of drug-likeness (QED) is 0.177. The Bertz CT molecular complexity index is 804. The van der Waals surface area contributed by atoms with Crippen molar-refractivity contribution in [1.29, 1.82) is 0 Å². The molecule has 0 radical (unpaired) electrons. The summed E-state index contributed by atoms with van der Waals surface area (Å²) >= 11 is 1.17. The number of hydrogen-bond donors (Lipinski definition) is 3. The van der Waals surface area contributed by atoms with E-state index in [2.05, 4.69) is 10.5 Å². The summed E-state index contributed by atoms with van der Waals surface area (Å²) in [5, 5.41) is 23.4. The van der Waals surface area contributed by atoms with Gasteiger partial charge in [-0.2, -0.15) is 0 Å². The number of aliphatic hydroxyl groups excluding tert-OH is 1. The summed E-state index contributed by atoms with van der Waals surface area (Å²) in [5.74, 6) is -4.54. The van der Waals surface area contributed by atoms with Crippen LogP contribution < -0.4 is 5.32 Å². The minimum absolute atomic E-state index is 0.168. The standard InChI is InChI=1S/C16H19N3O8S/c1-6(2)12(21)9(18-26)13(22)17-10-14(23)19-11(16(24)25)8(4-27-7(3)20)5-28-15(10)19/h6,10,15,21H,4-5H2,1-3H3,(H,17,22)(H,24,25)/t10-,15-/m1/s1. The molecule has 11 nitrogen and oxygen atoms in total. The van der Waals surface area contributed by atoms with Gasteiger partial charge >= 0.3 is 11.9 Å². The molecule has 0 saturated carbocycles. The smallest absolute Gasteiger partial charge is 0.352 e. The molecule has 0 spiro atoms. The van der Waals surface area contributed by atoms with Crippen molar-refractivity contribution in [2.75, 3.05) is 12.4 Å². The molecule has 28 heavy (non-hydrogen) atoms. The van der Waals surface area contributed by atoms with E-state index in [1.54, 1.807) is 13.8 Å². The summed E-state index contributed by atoms with van der Waals surface area (Å²) < 4.78 is 4.83. The molecule has 0 aromatic heterocycles. The minimum Gasteiger partial charge on any atom is -0.509 e. The van der Waals surface area contributed by atoms with Gasteiger partial charge in [-0.1, -0.05) is 13.8 Å². The normalized spacial score (nSPS) is 22.1. The number of amides is 2. The van der Waals surface area contributed by atoms with Crippen molar-refractivity contribution < 1.29 is 34.1 Å². The number of allylic oxidation sites excluding steroid dienone is 1. The molecule has 2 heterocycles. The van der Waals surface area contributed by atoms with Gasteiger partial charge in [-0.3, -0.25) is 19.3 Å². The van der Waals surface area contributed by atoms with Crippen LogP contribution >= 0.6 is 11.8 Å². The van der Waals surface area contributed by atoms with Crippen LogP contribution in [0.1, 0.15) is 20.8 Å². The highest BCUT2D eigenvalue weighted by molar-refractivity contribution is 8.00. The number of carboxylic acid groups (broad SMARTS) is 1. The van der Waals surface area contributed by atoms with Crippen molar-refractivity contribution in [1.82, 2.24) is 10.2 Å². The molecule has 1 saturated heterocycles. The van der Waals surface area contributed by atoms with Crippen molar-refractivity contribution in [3.05, 3.63) is 27.6 Å². The lowest BCUT2D eigenvalue weighted by Crippen LogP contribution is -2.70. The van der Waals surface area contributed by atoms with Gasteiger partial charge in [0.1, 0.15) is 29.5 Å². The van der Waals surface area contributed by atoms with E-state index in [-0.39, 0.29) is 23.6 Å². The van der Waals surface area contributed by atoms with Gasteiger partial charge < -0.3 is 20.3 Å². The highest BCUT2D eigenvalue weighted by Crippen LogP contribution is 2.40. The number of ether oxygens (including phenoxy) is 1. The number of aliphatic hydroxyl groups is 1. The van der Waals surface area contributed by atoms with Crippen LogP contribution in [0.4, 0.5) is 0 Å². The molecule has 2 rings (SSSR count). The maximum atomic E-state index is 12.5. The maximum Gasteiger partial charge on any atom is 0.352 e. The van der Waals surface area contributed by atoms with E-state index < -0.39 is 52.5 Å². The van der Waals surface area contributed by atoms with E-state index in [1.807, 2.05) is 0 Å². The Morgan fingerprint density at radius 1 is 1.36 bits per heavy atom. The molecule has 0 unspecified atom stereocenters. The van der Waals surface area contributed by atoms with Crippen LogP contribution in [-0.2, 0) is 23.9 Å².